The molecule has 1 unspecified atom stereocenters. The summed E-state index contributed by atoms with van der Waals surface area (Å²) < 4.78 is 1.47. The molecule has 2 rings (SSSR count). The first-order valence-electron chi connectivity index (χ1n) is 7.64. The molecule has 110 valence electrons. The Kier molecular flexibility index (Phi) is 7.28. The van der Waals surface area contributed by atoms with E-state index in [9.17, 15) is 0 Å². The van der Waals surface area contributed by atoms with Crippen LogP contribution in [0.3, 0.4) is 0 Å². The molecule has 0 N–H and O–H groups in total. The van der Waals surface area contributed by atoms with Crippen LogP contribution < -0.4 is 4.46 Å². The Labute approximate surface area is 134 Å². The molecule has 21 heavy (non-hydrogen) atoms. The van der Waals surface area contributed by atoms with Crippen molar-refractivity contribution in [3.05, 3.63) is 66.2 Å². The van der Waals surface area contributed by atoms with Gasteiger partial charge in [0.2, 0.25) is 0 Å². The van der Waals surface area contributed by atoms with E-state index in [2.05, 4.69) is 78.8 Å². The first-order valence-corrected chi connectivity index (χ1v) is 9.48. The summed E-state index contributed by atoms with van der Waals surface area (Å²) in [5, 5.41) is 0. The van der Waals surface area contributed by atoms with Crippen LogP contribution in [-0.4, -0.2) is 21.2 Å². The number of unbranched alkanes of at least 4 members (excludes halogenated alkanes) is 1. The van der Waals surface area contributed by atoms with Crippen molar-refractivity contribution in [3.8, 4) is 0 Å². The minimum atomic E-state index is 0.483. The van der Waals surface area contributed by atoms with Crippen molar-refractivity contribution in [2.24, 2.45) is 4.99 Å². The number of nitrogens with zero attached hydrogens (tertiary/aromatic N) is 1. The molecule has 0 bridgehead atoms. The zero-order valence-electron chi connectivity index (χ0n) is 12.6. The molecule has 0 spiro atoms. The van der Waals surface area contributed by atoms with Crippen LogP contribution in [0.15, 0.2) is 65.7 Å². The van der Waals surface area contributed by atoms with E-state index in [-0.39, 0.29) is 0 Å². The van der Waals surface area contributed by atoms with Gasteiger partial charge in [-0.15, -0.1) is 0 Å². The molecule has 0 fully saturated rings. The Bertz CT molecular complexity index is 522. The van der Waals surface area contributed by atoms with Gasteiger partial charge in [-0.1, -0.05) is 0 Å². The summed E-state index contributed by atoms with van der Waals surface area (Å²) in [7, 11) is 0. The zero-order valence-corrected chi connectivity index (χ0v) is 14.3. The monoisotopic (exact) mass is 345 g/mol. The average Bonchev–Trinajstić information content (AvgIpc) is 2.54. The normalized spacial score (nSPS) is 12.6. The Morgan fingerprint density at radius 1 is 1.00 bits per heavy atom. The Morgan fingerprint density at radius 2 is 1.67 bits per heavy atom. The Hall–Kier alpha value is -1.37. The zero-order chi connectivity index (χ0) is 14.8. The van der Waals surface area contributed by atoms with E-state index in [0.717, 1.165) is 6.54 Å². The van der Waals surface area contributed by atoms with Gasteiger partial charge in [0.1, 0.15) is 0 Å². The number of hydrogen-bond acceptors (Lipinski definition) is 1. The van der Waals surface area contributed by atoms with Crippen molar-refractivity contribution < 1.29 is 0 Å². The van der Waals surface area contributed by atoms with Crippen molar-refractivity contribution in [2.45, 2.75) is 37.5 Å². The molecule has 0 saturated heterocycles. The molecule has 0 aliphatic carbocycles. The second-order valence-corrected chi connectivity index (χ2v) is 7.84. The van der Waals surface area contributed by atoms with Crippen molar-refractivity contribution >= 4 is 25.6 Å². The molecule has 0 amide bonds. The number of benzene rings is 2. The van der Waals surface area contributed by atoms with E-state index in [1.54, 1.807) is 0 Å². The van der Waals surface area contributed by atoms with Crippen molar-refractivity contribution in [2.75, 3.05) is 0 Å². The quantitative estimate of drug-likeness (QED) is 0.501. The van der Waals surface area contributed by atoms with Gasteiger partial charge in [-0.25, -0.2) is 0 Å². The topological polar surface area (TPSA) is 12.4 Å². The summed E-state index contributed by atoms with van der Waals surface area (Å²) in [4.78, 5) is 5.30. The molecular formula is C19H23NSe. The van der Waals surface area contributed by atoms with Gasteiger partial charge in [-0.2, -0.15) is 0 Å². The van der Waals surface area contributed by atoms with E-state index in [0.29, 0.717) is 19.8 Å². The van der Waals surface area contributed by atoms with Crippen molar-refractivity contribution in [3.63, 3.8) is 0 Å². The van der Waals surface area contributed by atoms with Crippen LogP contribution in [-0.2, 0) is 6.54 Å². The summed E-state index contributed by atoms with van der Waals surface area (Å²) in [5.41, 5.74) is 1.29. The molecule has 0 aromatic heterocycles. The van der Waals surface area contributed by atoms with Gasteiger partial charge in [0.05, 0.1) is 0 Å². The number of hydrogen-bond donors (Lipinski definition) is 0. The van der Waals surface area contributed by atoms with Crippen molar-refractivity contribution in [1.82, 2.24) is 0 Å². The first kappa shape index (κ1) is 16.0. The molecule has 2 heteroatoms. The van der Waals surface area contributed by atoms with Crippen LogP contribution in [0, 0.1) is 0 Å². The summed E-state index contributed by atoms with van der Waals surface area (Å²) in [5.74, 6) is 0. The molecule has 1 nitrogen and oxygen atoms in total. The number of rotatable bonds is 8. The summed E-state index contributed by atoms with van der Waals surface area (Å²) >= 11 is 0.483. The van der Waals surface area contributed by atoms with Gasteiger partial charge in [0, 0.05) is 0 Å². The third-order valence-corrected chi connectivity index (χ3v) is 5.79. The standard InChI is InChI=1S/C19H23NSe/c1-2-3-12-19(21-18-13-8-5-9-14-18)16-20-15-17-10-6-4-7-11-17/h4-11,13-14,16,19H,2-3,12,15H2,1H3. The maximum atomic E-state index is 4.68. The molecule has 0 radical (unpaired) electrons. The molecule has 0 aliphatic rings. The molecular weight excluding hydrogens is 321 g/mol. The van der Waals surface area contributed by atoms with Crippen LogP contribution >= 0.6 is 0 Å². The van der Waals surface area contributed by atoms with E-state index in [4.69, 9.17) is 0 Å². The van der Waals surface area contributed by atoms with Gasteiger partial charge in [-0.3, -0.25) is 0 Å². The van der Waals surface area contributed by atoms with Crippen LogP contribution in [0.1, 0.15) is 31.7 Å². The molecule has 0 heterocycles. The molecule has 2 aromatic rings. The van der Waals surface area contributed by atoms with E-state index < -0.39 is 0 Å². The molecule has 0 saturated carbocycles. The number of aliphatic imine (C=N–C) groups is 1. The fraction of sp³-hybridized carbons (Fsp3) is 0.316. The minimum absolute atomic E-state index is 0.483. The predicted octanol–water partition coefficient (Wildman–Crippen LogP) is 4.27. The van der Waals surface area contributed by atoms with E-state index in [1.807, 2.05) is 0 Å². The average molecular weight is 344 g/mol. The summed E-state index contributed by atoms with van der Waals surface area (Å²) in [6.45, 7) is 3.06. The summed E-state index contributed by atoms with van der Waals surface area (Å²) in [6.07, 6.45) is 6.00. The fourth-order valence-electron chi connectivity index (χ4n) is 2.10. The van der Waals surface area contributed by atoms with Crippen LogP contribution in [0.25, 0.3) is 0 Å². The second kappa shape index (κ2) is 9.54. The predicted molar refractivity (Wildman–Crippen MR) is 93.7 cm³/mol. The van der Waals surface area contributed by atoms with Crippen LogP contribution in [0.5, 0.6) is 0 Å². The first-order chi connectivity index (χ1) is 10.4. The maximum absolute atomic E-state index is 4.68. The van der Waals surface area contributed by atoms with Gasteiger partial charge in [-0.05, 0) is 0 Å². The second-order valence-electron chi connectivity index (χ2n) is 5.09. The van der Waals surface area contributed by atoms with Gasteiger partial charge in [0.25, 0.3) is 0 Å². The Balaban J connectivity index is 1.92. The van der Waals surface area contributed by atoms with Crippen molar-refractivity contribution in [1.29, 1.82) is 0 Å². The van der Waals surface area contributed by atoms with E-state index in [1.165, 1.54) is 29.3 Å². The SMILES string of the molecule is CCCCC(C=NCc1ccccc1)[Se]c1ccccc1. The van der Waals surface area contributed by atoms with E-state index >= 15 is 0 Å². The Morgan fingerprint density at radius 3 is 2.33 bits per heavy atom. The van der Waals surface area contributed by atoms with Crippen LogP contribution in [0.2, 0.25) is 4.82 Å². The molecule has 1 atom stereocenters. The molecule has 0 aliphatic heterocycles. The van der Waals surface area contributed by atoms with Gasteiger partial charge >= 0.3 is 134 Å². The molecule has 2 aromatic carbocycles. The van der Waals surface area contributed by atoms with Gasteiger partial charge < -0.3 is 0 Å². The summed E-state index contributed by atoms with van der Waals surface area (Å²) in [6, 6.07) is 21.3. The third kappa shape index (κ3) is 6.29. The van der Waals surface area contributed by atoms with Crippen LogP contribution in [0.4, 0.5) is 0 Å². The third-order valence-electron chi connectivity index (χ3n) is 3.26. The van der Waals surface area contributed by atoms with Gasteiger partial charge in [0.15, 0.2) is 0 Å². The fourth-order valence-corrected chi connectivity index (χ4v) is 4.40.